The number of halogens is 1. The minimum atomic E-state index is -0.544. The van der Waals surface area contributed by atoms with Gasteiger partial charge >= 0.3 is 0 Å². The Balaban J connectivity index is 2.31. The van der Waals surface area contributed by atoms with Gasteiger partial charge in [-0.1, -0.05) is 6.07 Å². The maximum Gasteiger partial charge on any atom is 0.227 e. The van der Waals surface area contributed by atoms with Crippen molar-refractivity contribution in [1.82, 2.24) is 5.32 Å². The van der Waals surface area contributed by atoms with Crippen molar-refractivity contribution >= 4 is 17.9 Å². The van der Waals surface area contributed by atoms with Gasteiger partial charge in [0, 0.05) is 25.7 Å². The molecule has 0 bridgehead atoms. The van der Waals surface area contributed by atoms with Crippen LogP contribution in [0.5, 0.6) is 0 Å². The summed E-state index contributed by atoms with van der Waals surface area (Å²) in [5.41, 5.74) is 0.0725. The van der Waals surface area contributed by atoms with Crippen LogP contribution in [-0.4, -0.2) is 32.3 Å². The number of carbonyl (C=O) groups excluding carboxylic acids is 2. The number of hydrogen-bond acceptors (Lipinski definition) is 3. The smallest absolute Gasteiger partial charge is 0.227 e. The van der Waals surface area contributed by atoms with Crippen LogP contribution >= 0.6 is 0 Å². The van der Waals surface area contributed by atoms with Gasteiger partial charge in [0.2, 0.25) is 5.91 Å². The van der Waals surface area contributed by atoms with E-state index in [9.17, 15) is 14.0 Å². The van der Waals surface area contributed by atoms with Gasteiger partial charge in [-0.3, -0.25) is 9.59 Å². The van der Waals surface area contributed by atoms with Crippen LogP contribution in [0.4, 0.5) is 10.1 Å². The Hall–Kier alpha value is -1.91. The number of anilines is 1. The molecular formula is C14H17FN2O2. The van der Waals surface area contributed by atoms with Crippen molar-refractivity contribution in [2.24, 2.45) is 5.41 Å². The van der Waals surface area contributed by atoms with Crippen LogP contribution in [-0.2, 0) is 4.79 Å². The molecule has 2 rings (SSSR count). The monoisotopic (exact) mass is 264 g/mol. The molecule has 1 aromatic carbocycles. The third-order valence-electron chi connectivity index (χ3n) is 3.71. The van der Waals surface area contributed by atoms with Gasteiger partial charge in [-0.15, -0.1) is 0 Å². The molecule has 1 aliphatic heterocycles. The van der Waals surface area contributed by atoms with Gasteiger partial charge in [0.1, 0.15) is 5.82 Å². The second-order valence-electron chi connectivity index (χ2n) is 5.11. The largest absolute Gasteiger partial charge is 0.367 e. The molecule has 4 nitrogen and oxygen atoms in total. The van der Waals surface area contributed by atoms with E-state index in [0.717, 1.165) is 0 Å². The van der Waals surface area contributed by atoms with Gasteiger partial charge in [0.15, 0.2) is 6.29 Å². The molecule has 1 amide bonds. The second-order valence-corrected chi connectivity index (χ2v) is 5.11. The summed E-state index contributed by atoms with van der Waals surface area (Å²) in [4.78, 5) is 24.6. The summed E-state index contributed by atoms with van der Waals surface area (Å²) in [6.07, 6.45) is 1.28. The molecule has 1 N–H and O–H groups in total. The van der Waals surface area contributed by atoms with Crippen molar-refractivity contribution in [2.45, 2.75) is 13.3 Å². The molecule has 1 heterocycles. The summed E-state index contributed by atoms with van der Waals surface area (Å²) in [6.45, 7) is 2.83. The zero-order chi connectivity index (χ0) is 14.0. The summed E-state index contributed by atoms with van der Waals surface area (Å²) in [7, 11) is 1.59. The fourth-order valence-corrected chi connectivity index (χ4v) is 2.60. The van der Waals surface area contributed by atoms with E-state index >= 15 is 0 Å². The average molecular weight is 264 g/mol. The highest BCUT2D eigenvalue weighted by atomic mass is 19.1. The first-order valence-corrected chi connectivity index (χ1v) is 6.22. The van der Waals surface area contributed by atoms with Crippen LogP contribution in [0.25, 0.3) is 0 Å². The number of carbonyl (C=O) groups is 2. The standard InChI is InChI=1S/C14H17FN2O2/c1-14(13(19)16-2)6-7-17(9-14)12-10(8-18)4-3-5-11(12)15/h3-5,8H,6-7,9H2,1-2H3,(H,16,19). The fraction of sp³-hybridized carbons (Fsp3) is 0.429. The number of amides is 1. The van der Waals surface area contributed by atoms with E-state index in [2.05, 4.69) is 5.32 Å². The first kappa shape index (κ1) is 13.5. The Bertz CT molecular complexity index is 518. The van der Waals surface area contributed by atoms with E-state index in [4.69, 9.17) is 0 Å². The van der Waals surface area contributed by atoms with Crippen molar-refractivity contribution in [1.29, 1.82) is 0 Å². The molecule has 0 saturated carbocycles. The predicted molar refractivity (Wildman–Crippen MR) is 70.8 cm³/mol. The molecule has 1 atom stereocenters. The highest BCUT2D eigenvalue weighted by Gasteiger charge is 2.40. The highest BCUT2D eigenvalue weighted by molar-refractivity contribution is 5.87. The lowest BCUT2D eigenvalue weighted by molar-refractivity contribution is -0.128. The number of aldehydes is 1. The summed E-state index contributed by atoms with van der Waals surface area (Å²) < 4.78 is 13.9. The van der Waals surface area contributed by atoms with Gasteiger partial charge < -0.3 is 10.2 Å². The number of rotatable bonds is 3. The van der Waals surface area contributed by atoms with Crippen molar-refractivity contribution in [3.8, 4) is 0 Å². The quantitative estimate of drug-likeness (QED) is 0.844. The van der Waals surface area contributed by atoms with E-state index in [-0.39, 0.29) is 5.91 Å². The number of hydrogen-bond donors (Lipinski definition) is 1. The van der Waals surface area contributed by atoms with E-state index in [0.29, 0.717) is 37.0 Å². The van der Waals surface area contributed by atoms with Gasteiger partial charge in [0.25, 0.3) is 0 Å². The van der Waals surface area contributed by atoms with Gasteiger partial charge in [-0.25, -0.2) is 4.39 Å². The van der Waals surface area contributed by atoms with Crippen molar-refractivity contribution in [3.05, 3.63) is 29.6 Å². The Labute approximate surface area is 111 Å². The zero-order valence-electron chi connectivity index (χ0n) is 11.1. The third kappa shape index (κ3) is 2.32. The molecule has 1 unspecified atom stereocenters. The molecule has 0 aromatic heterocycles. The number of benzene rings is 1. The van der Waals surface area contributed by atoms with Crippen LogP contribution in [0.1, 0.15) is 23.7 Å². The maximum absolute atomic E-state index is 13.9. The lowest BCUT2D eigenvalue weighted by Crippen LogP contribution is -2.39. The predicted octanol–water partition coefficient (Wildman–Crippen LogP) is 1.60. The van der Waals surface area contributed by atoms with Crippen LogP contribution in [0.3, 0.4) is 0 Å². The first-order valence-electron chi connectivity index (χ1n) is 6.22. The molecule has 1 aliphatic rings. The first-order chi connectivity index (χ1) is 9.01. The lowest BCUT2D eigenvalue weighted by Gasteiger charge is -2.25. The van der Waals surface area contributed by atoms with E-state index in [1.165, 1.54) is 12.1 Å². The van der Waals surface area contributed by atoms with E-state index in [1.807, 2.05) is 6.92 Å². The summed E-state index contributed by atoms with van der Waals surface area (Å²) in [5, 5.41) is 2.63. The van der Waals surface area contributed by atoms with E-state index < -0.39 is 11.2 Å². The van der Waals surface area contributed by atoms with Gasteiger partial charge in [0.05, 0.1) is 11.1 Å². The SMILES string of the molecule is CNC(=O)C1(C)CCN(c2c(F)cccc2C=O)C1. The minimum absolute atomic E-state index is 0.0565. The van der Waals surface area contributed by atoms with Crippen molar-refractivity contribution in [3.63, 3.8) is 0 Å². The maximum atomic E-state index is 13.9. The Morgan fingerprint density at radius 1 is 1.53 bits per heavy atom. The summed E-state index contributed by atoms with van der Waals surface area (Å²) in [6, 6.07) is 4.43. The molecule has 102 valence electrons. The van der Waals surface area contributed by atoms with Gasteiger partial charge in [-0.2, -0.15) is 0 Å². The Morgan fingerprint density at radius 2 is 2.26 bits per heavy atom. The minimum Gasteiger partial charge on any atom is -0.367 e. The molecule has 1 fully saturated rings. The highest BCUT2D eigenvalue weighted by Crippen LogP contribution is 2.35. The molecule has 1 saturated heterocycles. The Kier molecular flexibility index (Phi) is 3.55. The normalized spacial score (nSPS) is 22.4. The van der Waals surface area contributed by atoms with Crippen LogP contribution < -0.4 is 10.2 Å². The number of nitrogens with zero attached hydrogens (tertiary/aromatic N) is 1. The molecule has 0 spiro atoms. The Morgan fingerprint density at radius 3 is 2.89 bits per heavy atom. The molecule has 0 aliphatic carbocycles. The van der Waals surface area contributed by atoms with Crippen LogP contribution in [0.15, 0.2) is 18.2 Å². The van der Waals surface area contributed by atoms with Gasteiger partial charge in [-0.05, 0) is 25.5 Å². The number of para-hydroxylation sites is 1. The molecule has 0 radical (unpaired) electrons. The molecule has 19 heavy (non-hydrogen) atoms. The topological polar surface area (TPSA) is 49.4 Å². The third-order valence-corrected chi connectivity index (χ3v) is 3.71. The van der Waals surface area contributed by atoms with Crippen LogP contribution in [0.2, 0.25) is 0 Å². The molecule has 1 aromatic rings. The summed E-state index contributed by atoms with van der Waals surface area (Å²) in [5.74, 6) is -0.482. The number of nitrogens with one attached hydrogen (secondary N) is 1. The summed E-state index contributed by atoms with van der Waals surface area (Å²) >= 11 is 0. The lowest BCUT2D eigenvalue weighted by atomic mass is 9.89. The fourth-order valence-electron chi connectivity index (χ4n) is 2.60. The molecule has 5 heteroatoms. The van der Waals surface area contributed by atoms with Crippen molar-refractivity contribution < 1.29 is 14.0 Å². The zero-order valence-corrected chi connectivity index (χ0v) is 11.1. The molecular weight excluding hydrogens is 247 g/mol. The average Bonchev–Trinajstić information content (AvgIpc) is 2.80. The van der Waals surface area contributed by atoms with E-state index in [1.54, 1.807) is 18.0 Å². The van der Waals surface area contributed by atoms with Crippen molar-refractivity contribution in [2.75, 3.05) is 25.0 Å². The second kappa shape index (κ2) is 4.99. The van der Waals surface area contributed by atoms with Crippen LogP contribution in [0, 0.1) is 11.2 Å².